The van der Waals surface area contributed by atoms with Crippen molar-refractivity contribution in [3.63, 3.8) is 0 Å². The van der Waals surface area contributed by atoms with Gasteiger partial charge in [-0.3, -0.25) is 14.6 Å². The van der Waals surface area contributed by atoms with Crippen LogP contribution in [0.25, 0.3) is 5.65 Å². The predicted molar refractivity (Wildman–Crippen MR) is 108 cm³/mol. The number of amides is 2. The van der Waals surface area contributed by atoms with Gasteiger partial charge in [0.2, 0.25) is 0 Å². The normalized spacial score (nSPS) is 10.8. The minimum atomic E-state index is -0.286. The van der Waals surface area contributed by atoms with Crippen LogP contribution in [0, 0.1) is 6.92 Å². The average molecular weight is 391 g/mol. The number of carbonyl (C=O) groups excluding carboxylic acids is 2. The number of imidazole rings is 1. The highest BCUT2D eigenvalue weighted by atomic mass is 32.1. The molecular weight excluding hydrogens is 374 g/mol. The number of thiophene rings is 1. The Morgan fingerprint density at radius 1 is 1.11 bits per heavy atom. The standard InChI is InChI=1S/C20H17N5O2S/c1-13-3-2-4-17-23-15(12-25(13)17)11-22-20(27)18-16(7-10-28-18)24-19(26)14-5-8-21-9-6-14/h2-10,12H,11H2,1H3,(H,22,27)(H,24,26). The summed E-state index contributed by atoms with van der Waals surface area (Å²) in [5.41, 5.74) is 3.64. The molecule has 0 aromatic carbocycles. The molecule has 140 valence electrons. The smallest absolute Gasteiger partial charge is 0.263 e. The molecule has 0 spiro atoms. The van der Waals surface area contributed by atoms with Crippen molar-refractivity contribution in [1.82, 2.24) is 19.7 Å². The summed E-state index contributed by atoms with van der Waals surface area (Å²) in [5, 5.41) is 7.42. The van der Waals surface area contributed by atoms with Crippen molar-refractivity contribution in [1.29, 1.82) is 0 Å². The molecule has 2 N–H and O–H groups in total. The van der Waals surface area contributed by atoms with E-state index in [-0.39, 0.29) is 11.8 Å². The van der Waals surface area contributed by atoms with Gasteiger partial charge in [-0.05, 0) is 42.6 Å². The van der Waals surface area contributed by atoms with Crippen molar-refractivity contribution < 1.29 is 9.59 Å². The number of nitrogens with zero attached hydrogens (tertiary/aromatic N) is 3. The van der Waals surface area contributed by atoms with Crippen molar-refractivity contribution >= 4 is 34.5 Å². The van der Waals surface area contributed by atoms with Gasteiger partial charge in [-0.1, -0.05) is 6.07 Å². The van der Waals surface area contributed by atoms with Crippen LogP contribution in [0.15, 0.2) is 60.4 Å². The number of aromatic nitrogens is 3. The number of pyridine rings is 2. The largest absolute Gasteiger partial charge is 0.346 e. The Bertz CT molecular complexity index is 1150. The van der Waals surface area contributed by atoms with Crippen molar-refractivity contribution in [3.05, 3.63) is 82.2 Å². The third-order valence-electron chi connectivity index (χ3n) is 4.24. The van der Waals surface area contributed by atoms with Crippen molar-refractivity contribution in [2.75, 3.05) is 5.32 Å². The van der Waals surface area contributed by atoms with Crippen LogP contribution in [-0.4, -0.2) is 26.2 Å². The molecule has 0 aliphatic rings. The molecule has 4 aromatic heterocycles. The summed E-state index contributed by atoms with van der Waals surface area (Å²) in [7, 11) is 0. The molecule has 0 aliphatic carbocycles. The van der Waals surface area contributed by atoms with Gasteiger partial charge in [0.1, 0.15) is 10.5 Å². The van der Waals surface area contributed by atoms with E-state index >= 15 is 0 Å². The molecule has 0 atom stereocenters. The number of rotatable bonds is 5. The number of carbonyl (C=O) groups is 2. The maximum absolute atomic E-state index is 12.6. The Kier molecular flexibility index (Phi) is 4.86. The fourth-order valence-electron chi connectivity index (χ4n) is 2.82. The first-order valence-corrected chi connectivity index (χ1v) is 9.50. The third-order valence-corrected chi connectivity index (χ3v) is 5.15. The van der Waals surface area contributed by atoms with Gasteiger partial charge in [-0.15, -0.1) is 11.3 Å². The van der Waals surface area contributed by atoms with Gasteiger partial charge in [0.05, 0.1) is 17.9 Å². The summed E-state index contributed by atoms with van der Waals surface area (Å²) in [6, 6.07) is 10.8. The lowest BCUT2D eigenvalue weighted by Gasteiger charge is -2.07. The van der Waals surface area contributed by atoms with Gasteiger partial charge in [-0.2, -0.15) is 0 Å². The van der Waals surface area contributed by atoms with Gasteiger partial charge in [0, 0.05) is 29.8 Å². The third kappa shape index (κ3) is 3.63. The van der Waals surface area contributed by atoms with E-state index in [2.05, 4.69) is 20.6 Å². The molecule has 28 heavy (non-hydrogen) atoms. The lowest BCUT2D eigenvalue weighted by Crippen LogP contribution is -2.23. The molecule has 8 heteroatoms. The van der Waals surface area contributed by atoms with Crippen LogP contribution >= 0.6 is 11.3 Å². The molecule has 7 nitrogen and oxygen atoms in total. The van der Waals surface area contributed by atoms with Crippen LogP contribution in [-0.2, 0) is 6.54 Å². The molecule has 4 heterocycles. The molecule has 0 unspecified atom stereocenters. The second-order valence-corrected chi connectivity index (χ2v) is 7.08. The Labute approximate surface area is 165 Å². The zero-order chi connectivity index (χ0) is 19.5. The summed E-state index contributed by atoms with van der Waals surface area (Å²) < 4.78 is 1.98. The quantitative estimate of drug-likeness (QED) is 0.546. The maximum atomic E-state index is 12.6. The molecule has 0 bridgehead atoms. The monoisotopic (exact) mass is 391 g/mol. The zero-order valence-corrected chi connectivity index (χ0v) is 15.9. The Morgan fingerprint density at radius 2 is 1.93 bits per heavy atom. The molecule has 0 radical (unpaired) electrons. The first-order valence-electron chi connectivity index (χ1n) is 8.62. The topological polar surface area (TPSA) is 88.4 Å². The summed E-state index contributed by atoms with van der Waals surface area (Å²) >= 11 is 1.27. The molecular formula is C20H17N5O2S. The number of hydrogen-bond acceptors (Lipinski definition) is 5. The van der Waals surface area contributed by atoms with Gasteiger partial charge < -0.3 is 15.0 Å². The van der Waals surface area contributed by atoms with Gasteiger partial charge in [0.25, 0.3) is 11.8 Å². The SMILES string of the molecule is Cc1cccc2nc(CNC(=O)c3sccc3NC(=O)c3ccncc3)cn12. The molecule has 0 aliphatic heterocycles. The van der Waals surface area contributed by atoms with Gasteiger partial charge >= 0.3 is 0 Å². The molecule has 2 amide bonds. The minimum absolute atomic E-state index is 0.256. The Morgan fingerprint density at radius 3 is 2.71 bits per heavy atom. The molecule has 0 fully saturated rings. The van der Waals surface area contributed by atoms with E-state index in [1.165, 1.54) is 11.3 Å². The number of aryl methyl sites for hydroxylation is 1. The van der Waals surface area contributed by atoms with Crippen molar-refractivity contribution in [2.24, 2.45) is 0 Å². The molecule has 0 saturated carbocycles. The van der Waals surface area contributed by atoms with Crippen LogP contribution in [0.4, 0.5) is 5.69 Å². The number of nitrogens with one attached hydrogen (secondary N) is 2. The fourth-order valence-corrected chi connectivity index (χ4v) is 3.58. The lowest BCUT2D eigenvalue weighted by atomic mass is 10.2. The second-order valence-electron chi connectivity index (χ2n) is 6.16. The summed E-state index contributed by atoms with van der Waals surface area (Å²) in [4.78, 5) is 33.8. The summed E-state index contributed by atoms with van der Waals surface area (Å²) in [6.07, 6.45) is 5.00. The summed E-state index contributed by atoms with van der Waals surface area (Å²) in [5.74, 6) is -0.542. The minimum Gasteiger partial charge on any atom is -0.346 e. The Balaban J connectivity index is 1.44. The first-order chi connectivity index (χ1) is 13.6. The van der Waals surface area contributed by atoms with Crippen LogP contribution in [0.3, 0.4) is 0 Å². The van der Waals surface area contributed by atoms with E-state index in [0.29, 0.717) is 22.7 Å². The molecule has 0 saturated heterocycles. The van der Waals surface area contributed by atoms with Gasteiger partial charge in [0.15, 0.2) is 0 Å². The van der Waals surface area contributed by atoms with E-state index in [1.807, 2.05) is 35.7 Å². The highest BCUT2D eigenvalue weighted by Crippen LogP contribution is 2.23. The highest BCUT2D eigenvalue weighted by Gasteiger charge is 2.16. The second kappa shape index (κ2) is 7.61. The van der Waals surface area contributed by atoms with Crippen LogP contribution in [0.2, 0.25) is 0 Å². The lowest BCUT2D eigenvalue weighted by molar-refractivity contribution is 0.0955. The Hall–Kier alpha value is -3.52. The van der Waals surface area contributed by atoms with Crippen molar-refractivity contribution in [3.8, 4) is 0 Å². The fraction of sp³-hybridized carbons (Fsp3) is 0.100. The highest BCUT2D eigenvalue weighted by molar-refractivity contribution is 7.12. The maximum Gasteiger partial charge on any atom is 0.263 e. The van der Waals surface area contributed by atoms with E-state index in [0.717, 1.165) is 17.0 Å². The van der Waals surface area contributed by atoms with Gasteiger partial charge in [-0.25, -0.2) is 4.98 Å². The van der Waals surface area contributed by atoms with E-state index in [4.69, 9.17) is 0 Å². The van der Waals surface area contributed by atoms with Crippen molar-refractivity contribution in [2.45, 2.75) is 13.5 Å². The molecule has 4 aromatic rings. The number of anilines is 1. The van der Waals surface area contributed by atoms with Crippen LogP contribution in [0.1, 0.15) is 31.4 Å². The average Bonchev–Trinajstić information content (AvgIpc) is 3.34. The predicted octanol–water partition coefficient (Wildman–Crippen LogP) is 3.28. The number of hydrogen-bond donors (Lipinski definition) is 2. The zero-order valence-electron chi connectivity index (χ0n) is 15.0. The van der Waals surface area contributed by atoms with E-state index < -0.39 is 0 Å². The van der Waals surface area contributed by atoms with Crippen LogP contribution < -0.4 is 10.6 Å². The van der Waals surface area contributed by atoms with E-state index in [9.17, 15) is 9.59 Å². The summed E-state index contributed by atoms with van der Waals surface area (Å²) in [6.45, 7) is 2.30. The molecule has 4 rings (SSSR count). The van der Waals surface area contributed by atoms with E-state index in [1.54, 1.807) is 36.0 Å². The van der Waals surface area contributed by atoms with Crippen LogP contribution in [0.5, 0.6) is 0 Å². The first kappa shape index (κ1) is 17.9. The number of fused-ring (bicyclic) bond motifs is 1.